The SMILES string of the molecule is C=CCN(C[C@@H]1C(C)=CCC[C@@H]1C)[C@@H]1CCS(=O)(=O)C1. The zero-order chi connectivity index (χ0) is 14.8. The van der Waals surface area contributed by atoms with Crippen LogP contribution in [0.15, 0.2) is 24.3 Å². The summed E-state index contributed by atoms with van der Waals surface area (Å²) < 4.78 is 23.4. The molecule has 1 saturated heterocycles. The van der Waals surface area contributed by atoms with Gasteiger partial charge < -0.3 is 0 Å². The summed E-state index contributed by atoms with van der Waals surface area (Å²) in [4.78, 5) is 2.33. The van der Waals surface area contributed by atoms with Gasteiger partial charge in [0.15, 0.2) is 9.84 Å². The van der Waals surface area contributed by atoms with E-state index in [2.05, 4.69) is 31.4 Å². The summed E-state index contributed by atoms with van der Waals surface area (Å²) in [5, 5.41) is 0. The molecule has 2 aliphatic rings. The van der Waals surface area contributed by atoms with Crippen molar-refractivity contribution in [3.8, 4) is 0 Å². The number of allylic oxidation sites excluding steroid dienone is 1. The molecule has 0 bridgehead atoms. The fourth-order valence-corrected chi connectivity index (χ4v) is 5.32. The predicted molar refractivity (Wildman–Crippen MR) is 84.5 cm³/mol. The molecular formula is C16H27NO2S. The Balaban J connectivity index is 2.07. The number of rotatable bonds is 5. The Bertz CT molecular complexity index is 481. The van der Waals surface area contributed by atoms with Crippen molar-refractivity contribution >= 4 is 9.84 Å². The third-order valence-electron chi connectivity index (χ3n) is 4.88. The minimum atomic E-state index is -2.82. The summed E-state index contributed by atoms with van der Waals surface area (Å²) >= 11 is 0. The van der Waals surface area contributed by atoms with E-state index >= 15 is 0 Å². The molecule has 0 N–H and O–H groups in total. The lowest BCUT2D eigenvalue weighted by molar-refractivity contribution is 0.179. The van der Waals surface area contributed by atoms with Crippen molar-refractivity contribution in [2.45, 2.75) is 39.2 Å². The van der Waals surface area contributed by atoms with Crippen molar-refractivity contribution < 1.29 is 8.42 Å². The lowest BCUT2D eigenvalue weighted by atomic mass is 9.79. The van der Waals surface area contributed by atoms with Crippen LogP contribution in [0.25, 0.3) is 0 Å². The van der Waals surface area contributed by atoms with Gasteiger partial charge >= 0.3 is 0 Å². The highest BCUT2D eigenvalue weighted by molar-refractivity contribution is 7.91. The molecule has 4 heteroatoms. The summed E-state index contributed by atoms with van der Waals surface area (Å²) in [5.74, 6) is 1.92. The normalized spacial score (nSPS) is 33.1. The van der Waals surface area contributed by atoms with E-state index in [1.165, 1.54) is 18.4 Å². The Hall–Kier alpha value is -0.610. The summed E-state index contributed by atoms with van der Waals surface area (Å²) in [5.41, 5.74) is 1.47. The largest absolute Gasteiger partial charge is 0.295 e. The fourth-order valence-electron chi connectivity index (χ4n) is 3.55. The maximum absolute atomic E-state index is 11.7. The van der Waals surface area contributed by atoms with E-state index in [4.69, 9.17) is 0 Å². The van der Waals surface area contributed by atoms with Gasteiger partial charge in [-0.25, -0.2) is 8.42 Å². The average Bonchev–Trinajstić information content (AvgIpc) is 2.73. The monoisotopic (exact) mass is 297 g/mol. The molecule has 0 aromatic carbocycles. The quantitative estimate of drug-likeness (QED) is 0.732. The van der Waals surface area contributed by atoms with Crippen LogP contribution in [-0.2, 0) is 9.84 Å². The van der Waals surface area contributed by atoms with Crippen LogP contribution >= 0.6 is 0 Å². The molecule has 0 amide bonds. The topological polar surface area (TPSA) is 37.4 Å². The molecule has 20 heavy (non-hydrogen) atoms. The molecule has 3 atom stereocenters. The third-order valence-corrected chi connectivity index (χ3v) is 6.63. The van der Waals surface area contributed by atoms with Gasteiger partial charge in [0, 0.05) is 19.1 Å². The minimum absolute atomic E-state index is 0.180. The molecule has 3 nitrogen and oxygen atoms in total. The Morgan fingerprint density at radius 3 is 2.75 bits per heavy atom. The van der Waals surface area contributed by atoms with Crippen LogP contribution in [0.5, 0.6) is 0 Å². The van der Waals surface area contributed by atoms with Gasteiger partial charge in [0.25, 0.3) is 0 Å². The second-order valence-corrected chi connectivity index (χ2v) is 8.64. The van der Waals surface area contributed by atoms with E-state index < -0.39 is 9.84 Å². The molecule has 1 aliphatic carbocycles. The van der Waals surface area contributed by atoms with Gasteiger partial charge in [-0.1, -0.05) is 24.6 Å². The predicted octanol–water partition coefficient (Wildman–Crippen LogP) is 2.65. The molecule has 0 saturated carbocycles. The highest BCUT2D eigenvalue weighted by Gasteiger charge is 2.34. The van der Waals surface area contributed by atoms with Gasteiger partial charge in [-0.3, -0.25) is 4.90 Å². The number of sulfone groups is 1. The van der Waals surface area contributed by atoms with Gasteiger partial charge in [0.1, 0.15) is 0 Å². The smallest absolute Gasteiger partial charge is 0.151 e. The van der Waals surface area contributed by atoms with Gasteiger partial charge in [0.05, 0.1) is 11.5 Å². The second-order valence-electron chi connectivity index (χ2n) is 6.41. The molecule has 0 aromatic rings. The Morgan fingerprint density at radius 2 is 2.20 bits per heavy atom. The molecule has 114 valence electrons. The van der Waals surface area contributed by atoms with Crippen LogP contribution in [0.3, 0.4) is 0 Å². The highest BCUT2D eigenvalue weighted by atomic mass is 32.2. The third kappa shape index (κ3) is 3.73. The lowest BCUT2D eigenvalue weighted by Gasteiger charge is -2.36. The Morgan fingerprint density at radius 1 is 1.45 bits per heavy atom. The van der Waals surface area contributed by atoms with Gasteiger partial charge in [-0.2, -0.15) is 0 Å². The number of nitrogens with zero attached hydrogens (tertiary/aromatic N) is 1. The molecule has 0 aromatic heterocycles. The van der Waals surface area contributed by atoms with Gasteiger partial charge in [-0.05, 0) is 38.0 Å². The molecule has 1 fully saturated rings. The maximum atomic E-state index is 11.7. The van der Waals surface area contributed by atoms with Crippen LogP contribution in [-0.4, -0.2) is 44.0 Å². The van der Waals surface area contributed by atoms with E-state index in [1.807, 2.05) is 6.08 Å². The summed E-state index contributed by atoms with van der Waals surface area (Å²) in [7, 11) is -2.82. The first-order valence-electron chi connectivity index (χ1n) is 7.65. The van der Waals surface area contributed by atoms with Crippen LogP contribution in [0.2, 0.25) is 0 Å². The van der Waals surface area contributed by atoms with Crippen molar-refractivity contribution in [2.75, 3.05) is 24.6 Å². The molecular weight excluding hydrogens is 270 g/mol. The summed E-state index contributed by atoms with van der Waals surface area (Å²) in [6.45, 7) is 10.1. The van der Waals surface area contributed by atoms with Gasteiger partial charge in [0.2, 0.25) is 0 Å². The zero-order valence-corrected chi connectivity index (χ0v) is 13.5. The zero-order valence-electron chi connectivity index (χ0n) is 12.7. The Labute approximate surface area is 123 Å². The fraction of sp³-hybridized carbons (Fsp3) is 0.750. The first kappa shape index (κ1) is 15.8. The number of hydrogen-bond acceptors (Lipinski definition) is 3. The van der Waals surface area contributed by atoms with Crippen molar-refractivity contribution in [1.82, 2.24) is 4.90 Å². The van der Waals surface area contributed by atoms with Crippen molar-refractivity contribution in [3.63, 3.8) is 0 Å². The van der Waals surface area contributed by atoms with Crippen molar-refractivity contribution in [1.29, 1.82) is 0 Å². The van der Waals surface area contributed by atoms with E-state index in [1.54, 1.807) is 0 Å². The summed E-state index contributed by atoms with van der Waals surface area (Å²) in [6, 6.07) is 0.180. The maximum Gasteiger partial charge on any atom is 0.151 e. The second kappa shape index (κ2) is 6.44. The first-order chi connectivity index (χ1) is 9.43. The van der Waals surface area contributed by atoms with E-state index in [0.717, 1.165) is 19.5 Å². The van der Waals surface area contributed by atoms with Crippen LogP contribution in [0.1, 0.15) is 33.1 Å². The molecule has 0 unspecified atom stereocenters. The van der Waals surface area contributed by atoms with Crippen LogP contribution in [0, 0.1) is 11.8 Å². The molecule has 1 aliphatic heterocycles. The molecule has 0 radical (unpaired) electrons. The van der Waals surface area contributed by atoms with E-state index in [-0.39, 0.29) is 6.04 Å². The van der Waals surface area contributed by atoms with E-state index in [9.17, 15) is 8.42 Å². The van der Waals surface area contributed by atoms with Crippen molar-refractivity contribution in [3.05, 3.63) is 24.3 Å². The molecule has 0 spiro atoms. The van der Waals surface area contributed by atoms with Crippen molar-refractivity contribution in [2.24, 2.45) is 11.8 Å². The highest BCUT2D eigenvalue weighted by Crippen LogP contribution is 2.32. The number of hydrogen-bond donors (Lipinski definition) is 0. The average molecular weight is 297 g/mol. The lowest BCUT2D eigenvalue weighted by Crippen LogP contribution is -2.41. The van der Waals surface area contributed by atoms with Crippen LogP contribution < -0.4 is 0 Å². The standard InChI is InChI=1S/C16H27NO2S/c1-4-9-17(15-8-10-20(18,19)12-15)11-16-13(2)6-5-7-14(16)3/h4,6,14-16H,1,5,7-12H2,2-3H3/t14-,15+,16+/m0/s1. The molecule has 2 rings (SSSR count). The van der Waals surface area contributed by atoms with Crippen LogP contribution in [0.4, 0.5) is 0 Å². The summed E-state index contributed by atoms with van der Waals surface area (Å²) in [6.07, 6.45) is 7.45. The molecule has 1 heterocycles. The first-order valence-corrected chi connectivity index (χ1v) is 9.47. The van der Waals surface area contributed by atoms with E-state index in [0.29, 0.717) is 23.3 Å². The Kier molecular flexibility index (Phi) is 5.08. The minimum Gasteiger partial charge on any atom is -0.295 e. The van der Waals surface area contributed by atoms with Gasteiger partial charge in [-0.15, -0.1) is 6.58 Å².